The third-order valence-corrected chi connectivity index (χ3v) is 7.16. The predicted molar refractivity (Wildman–Crippen MR) is 151 cm³/mol. The van der Waals surface area contributed by atoms with Crippen molar-refractivity contribution < 1.29 is 38.7 Å². The van der Waals surface area contributed by atoms with Gasteiger partial charge >= 0.3 is 5.97 Å². The first-order chi connectivity index (χ1) is 19.4. The predicted octanol–water partition coefficient (Wildman–Crippen LogP) is 4.27. The van der Waals surface area contributed by atoms with Crippen LogP contribution >= 0.6 is 0 Å². The number of hydrogen-bond acceptors (Lipinski definition) is 8. The van der Waals surface area contributed by atoms with Gasteiger partial charge in [-0.2, -0.15) is 0 Å². The van der Waals surface area contributed by atoms with Gasteiger partial charge in [0.25, 0.3) is 0 Å². The van der Waals surface area contributed by atoms with Gasteiger partial charge < -0.3 is 34.5 Å². The van der Waals surface area contributed by atoms with Crippen molar-refractivity contribution in [1.82, 2.24) is 5.32 Å². The van der Waals surface area contributed by atoms with Crippen molar-refractivity contribution in [2.75, 3.05) is 26.4 Å². The molecule has 0 spiro atoms. The Kier molecular flexibility index (Phi) is 13.1. The summed E-state index contributed by atoms with van der Waals surface area (Å²) in [5.41, 5.74) is 1.66. The minimum Gasteiger partial charge on any atom is -0.499 e. The number of carbonyl (C=O) groups is 2. The molecule has 3 atom stereocenters. The maximum absolute atomic E-state index is 13.2. The number of esters is 1. The molecule has 1 aliphatic heterocycles. The maximum Gasteiger partial charge on any atom is 0.338 e. The van der Waals surface area contributed by atoms with E-state index in [0.29, 0.717) is 11.1 Å². The number of unbranched alkanes of at least 4 members (excludes halogenated alkanes) is 4. The SMILES string of the molecule is CCCCCC1(CCCCC)O[C@@H]2[C@@H](C=C(C(=O)NCCO)C[C@H]2OC(=O)c2ccc(C=COCCO)cc2)O1. The van der Waals surface area contributed by atoms with Gasteiger partial charge in [-0.05, 0) is 42.7 Å². The van der Waals surface area contributed by atoms with Crippen LogP contribution < -0.4 is 5.32 Å². The Morgan fingerprint density at radius 3 is 2.35 bits per heavy atom. The van der Waals surface area contributed by atoms with E-state index in [2.05, 4.69) is 19.2 Å². The Balaban J connectivity index is 1.78. The van der Waals surface area contributed by atoms with E-state index in [9.17, 15) is 9.59 Å². The van der Waals surface area contributed by atoms with E-state index < -0.39 is 30.1 Å². The number of aliphatic hydroxyl groups is 2. The summed E-state index contributed by atoms with van der Waals surface area (Å²) in [5, 5.41) is 20.7. The van der Waals surface area contributed by atoms with Gasteiger partial charge in [0.1, 0.15) is 24.9 Å². The highest BCUT2D eigenvalue weighted by atomic mass is 16.8. The number of rotatable bonds is 17. The van der Waals surface area contributed by atoms with Crippen LogP contribution in [0.5, 0.6) is 0 Å². The molecule has 2 aliphatic rings. The van der Waals surface area contributed by atoms with Crippen LogP contribution in [0.1, 0.15) is 87.6 Å². The molecule has 222 valence electrons. The van der Waals surface area contributed by atoms with Crippen LogP contribution in [-0.2, 0) is 23.7 Å². The molecule has 9 nitrogen and oxygen atoms in total. The lowest BCUT2D eigenvalue weighted by atomic mass is 9.91. The second-order valence-corrected chi connectivity index (χ2v) is 10.3. The van der Waals surface area contributed by atoms with Crippen molar-refractivity contribution in [2.45, 2.75) is 95.7 Å². The Labute approximate surface area is 237 Å². The van der Waals surface area contributed by atoms with Crippen molar-refractivity contribution in [1.29, 1.82) is 0 Å². The summed E-state index contributed by atoms with van der Waals surface area (Å²) in [6.07, 6.45) is 11.2. The van der Waals surface area contributed by atoms with E-state index in [0.717, 1.165) is 56.9 Å². The lowest BCUT2D eigenvalue weighted by Crippen LogP contribution is -2.43. The molecule has 9 heteroatoms. The number of nitrogens with one attached hydrogen (secondary N) is 1. The number of fused-ring (bicyclic) bond motifs is 1. The van der Waals surface area contributed by atoms with Crippen molar-refractivity contribution in [3.05, 3.63) is 53.3 Å². The van der Waals surface area contributed by atoms with Crippen LogP contribution in [-0.4, -0.2) is 72.6 Å². The fraction of sp³-hybridized carbons (Fsp3) is 0.613. The quantitative estimate of drug-likeness (QED) is 0.147. The molecule has 0 bridgehead atoms. The molecule has 0 aromatic heterocycles. The van der Waals surface area contributed by atoms with Gasteiger partial charge in [-0.15, -0.1) is 0 Å². The molecule has 0 radical (unpaired) electrons. The molecule has 1 aromatic rings. The smallest absolute Gasteiger partial charge is 0.338 e. The van der Waals surface area contributed by atoms with Crippen molar-refractivity contribution >= 4 is 18.0 Å². The zero-order valence-electron chi connectivity index (χ0n) is 23.8. The van der Waals surface area contributed by atoms with E-state index in [1.807, 2.05) is 0 Å². The summed E-state index contributed by atoms with van der Waals surface area (Å²) in [4.78, 5) is 26.0. The average molecular weight is 560 g/mol. The summed E-state index contributed by atoms with van der Waals surface area (Å²) >= 11 is 0. The van der Waals surface area contributed by atoms with E-state index >= 15 is 0 Å². The minimum atomic E-state index is -0.774. The van der Waals surface area contributed by atoms with E-state index in [1.165, 1.54) is 6.26 Å². The van der Waals surface area contributed by atoms with Crippen LogP contribution in [0, 0.1) is 0 Å². The maximum atomic E-state index is 13.2. The fourth-order valence-corrected chi connectivity index (χ4v) is 5.07. The number of aliphatic hydroxyl groups excluding tert-OH is 2. The van der Waals surface area contributed by atoms with Gasteiger partial charge in [0, 0.05) is 31.4 Å². The molecule has 3 rings (SSSR count). The number of amides is 1. The Morgan fingerprint density at radius 1 is 1.02 bits per heavy atom. The molecule has 3 N–H and O–H groups in total. The number of benzene rings is 1. The number of carbonyl (C=O) groups excluding carboxylic acids is 2. The second kappa shape index (κ2) is 16.5. The summed E-state index contributed by atoms with van der Waals surface area (Å²) in [6.45, 7) is 4.43. The van der Waals surface area contributed by atoms with Gasteiger partial charge in [0.15, 0.2) is 5.79 Å². The second-order valence-electron chi connectivity index (χ2n) is 10.3. The zero-order chi connectivity index (χ0) is 28.8. The molecular weight excluding hydrogens is 514 g/mol. The van der Waals surface area contributed by atoms with Crippen molar-refractivity contribution in [2.24, 2.45) is 0 Å². The normalized spacial score (nSPS) is 21.6. The van der Waals surface area contributed by atoms with Crippen molar-refractivity contribution in [3.8, 4) is 0 Å². The van der Waals surface area contributed by atoms with E-state index in [4.69, 9.17) is 29.2 Å². The standard InChI is InChI=1S/C31H45NO8/c1-3-5-7-14-31(15-8-6-4-2)39-27-22-25(29(35)32-16-17-33)21-26(28(27)40-31)38-30(36)24-11-9-23(10-12-24)13-19-37-20-18-34/h9-13,19,22,26-28,33-34H,3-8,14-18,20-21H2,1-2H3,(H,32,35)/t26-,27-,28+/m1/s1. The average Bonchev–Trinajstić information content (AvgIpc) is 3.33. The van der Waals surface area contributed by atoms with Gasteiger partial charge in [-0.1, -0.05) is 51.7 Å². The van der Waals surface area contributed by atoms with Gasteiger partial charge in [-0.3, -0.25) is 4.79 Å². The Hall–Kier alpha value is -2.72. The number of ether oxygens (including phenoxy) is 4. The molecule has 1 amide bonds. The highest BCUT2D eigenvalue weighted by Crippen LogP contribution is 2.43. The summed E-state index contributed by atoms with van der Waals surface area (Å²) < 4.78 is 24.3. The van der Waals surface area contributed by atoms with Crippen molar-refractivity contribution in [3.63, 3.8) is 0 Å². The molecule has 1 heterocycles. The highest BCUT2D eigenvalue weighted by molar-refractivity contribution is 5.94. The summed E-state index contributed by atoms with van der Waals surface area (Å²) in [6, 6.07) is 6.89. The Morgan fingerprint density at radius 2 is 1.73 bits per heavy atom. The largest absolute Gasteiger partial charge is 0.499 e. The third-order valence-electron chi connectivity index (χ3n) is 7.16. The molecule has 0 saturated carbocycles. The molecule has 1 aliphatic carbocycles. The molecule has 1 saturated heterocycles. The topological polar surface area (TPSA) is 124 Å². The van der Waals surface area contributed by atoms with Crippen LogP contribution in [0.4, 0.5) is 0 Å². The molecule has 40 heavy (non-hydrogen) atoms. The monoisotopic (exact) mass is 559 g/mol. The third kappa shape index (κ3) is 9.16. The molecule has 0 unspecified atom stereocenters. The van der Waals surface area contributed by atoms with Crippen LogP contribution in [0.2, 0.25) is 0 Å². The van der Waals surface area contributed by atoms with Crippen LogP contribution in [0.25, 0.3) is 6.08 Å². The lowest BCUT2D eigenvalue weighted by Gasteiger charge is -2.31. The zero-order valence-corrected chi connectivity index (χ0v) is 23.8. The Bertz CT molecular complexity index is 980. The first-order valence-corrected chi connectivity index (χ1v) is 14.6. The van der Waals surface area contributed by atoms with Crippen LogP contribution in [0.3, 0.4) is 0 Å². The van der Waals surface area contributed by atoms with Gasteiger partial charge in [0.2, 0.25) is 5.91 Å². The molecule has 1 aromatic carbocycles. The first-order valence-electron chi connectivity index (χ1n) is 14.6. The first kappa shape index (κ1) is 31.8. The summed E-state index contributed by atoms with van der Waals surface area (Å²) in [5.74, 6) is -1.60. The van der Waals surface area contributed by atoms with Gasteiger partial charge in [-0.25, -0.2) is 4.79 Å². The fourth-order valence-electron chi connectivity index (χ4n) is 5.07. The lowest BCUT2D eigenvalue weighted by molar-refractivity contribution is -0.190. The van der Waals surface area contributed by atoms with Crippen LogP contribution in [0.15, 0.2) is 42.2 Å². The number of hydrogen-bond donors (Lipinski definition) is 3. The van der Waals surface area contributed by atoms with E-state index in [-0.39, 0.29) is 38.7 Å². The molecule has 1 fully saturated rings. The van der Waals surface area contributed by atoms with E-state index in [1.54, 1.807) is 36.4 Å². The summed E-state index contributed by atoms with van der Waals surface area (Å²) in [7, 11) is 0. The highest BCUT2D eigenvalue weighted by Gasteiger charge is 2.52. The minimum absolute atomic E-state index is 0.0640. The van der Waals surface area contributed by atoms with Gasteiger partial charge in [0.05, 0.1) is 25.0 Å². The molecular formula is C31H45NO8.